The monoisotopic (exact) mass is 265 g/mol. The number of nitrogens with one attached hydrogen (secondary N) is 2. The SMILES string of the molecule is Cc1nc(C(C)C)[nH]c(=O)c1C(=O)NC1CC(O)C1. The Morgan fingerprint density at radius 3 is 2.58 bits per heavy atom. The highest BCUT2D eigenvalue weighted by Crippen LogP contribution is 2.19. The number of H-pyrrole nitrogens is 1. The lowest BCUT2D eigenvalue weighted by Gasteiger charge is -2.31. The van der Waals surface area contributed by atoms with E-state index in [-0.39, 0.29) is 23.6 Å². The summed E-state index contributed by atoms with van der Waals surface area (Å²) in [5, 5.41) is 11.9. The van der Waals surface area contributed by atoms with Gasteiger partial charge >= 0.3 is 0 Å². The summed E-state index contributed by atoms with van der Waals surface area (Å²) >= 11 is 0. The van der Waals surface area contributed by atoms with Gasteiger partial charge in [-0.25, -0.2) is 4.98 Å². The van der Waals surface area contributed by atoms with Crippen molar-refractivity contribution in [1.82, 2.24) is 15.3 Å². The van der Waals surface area contributed by atoms with E-state index in [0.29, 0.717) is 24.4 Å². The van der Waals surface area contributed by atoms with Crippen LogP contribution in [0.25, 0.3) is 0 Å². The highest BCUT2D eigenvalue weighted by atomic mass is 16.3. The molecule has 104 valence electrons. The summed E-state index contributed by atoms with van der Waals surface area (Å²) in [6.45, 7) is 5.51. The summed E-state index contributed by atoms with van der Waals surface area (Å²) in [4.78, 5) is 30.9. The Hall–Kier alpha value is -1.69. The van der Waals surface area contributed by atoms with Gasteiger partial charge in [-0.2, -0.15) is 0 Å². The molecule has 1 aromatic heterocycles. The van der Waals surface area contributed by atoms with E-state index in [4.69, 9.17) is 0 Å². The van der Waals surface area contributed by atoms with Crippen molar-refractivity contribution >= 4 is 5.91 Å². The fourth-order valence-corrected chi connectivity index (χ4v) is 2.11. The third-order valence-corrected chi connectivity index (χ3v) is 3.34. The smallest absolute Gasteiger partial charge is 0.264 e. The highest BCUT2D eigenvalue weighted by molar-refractivity contribution is 5.95. The topological polar surface area (TPSA) is 95.1 Å². The van der Waals surface area contributed by atoms with Gasteiger partial charge in [0.2, 0.25) is 0 Å². The van der Waals surface area contributed by atoms with Gasteiger partial charge in [0, 0.05) is 12.0 Å². The van der Waals surface area contributed by atoms with Crippen molar-refractivity contribution in [3.63, 3.8) is 0 Å². The number of hydrogen-bond acceptors (Lipinski definition) is 4. The van der Waals surface area contributed by atoms with Crippen LogP contribution < -0.4 is 10.9 Å². The van der Waals surface area contributed by atoms with Gasteiger partial charge in [0.15, 0.2) is 0 Å². The number of carbonyl (C=O) groups excluding carboxylic acids is 1. The molecule has 0 aliphatic heterocycles. The maximum atomic E-state index is 12.0. The van der Waals surface area contributed by atoms with Gasteiger partial charge < -0.3 is 15.4 Å². The molecule has 0 atom stereocenters. The van der Waals surface area contributed by atoms with E-state index in [1.807, 2.05) is 13.8 Å². The van der Waals surface area contributed by atoms with E-state index in [9.17, 15) is 14.7 Å². The first-order valence-corrected chi connectivity index (χ1v) is 6.48. The fraction of sp³-hybridized carbons (Fsp3) is 0.615. The minimum absolute atomic E-state index is 0.0499. The van der Waals surface area contributed by atoms with Crippen LogP contribution in [-0.2, 0) is 0 Å². The lowest BCUT2D eigenvalue weighted by molar-refractivity contribution is 0.0561. The Balaban J connectivity index is 2.20. The zero-order valence-corrected chi connectivity index (χ0v) is 11.4. The Kier molecular flexibility index (Phi) is 3.71. The second-order valence-corrected chi connectivity index (χ2v) is 5.36. The summed E-state index contributed by atoms with van der Waals surface area (Å²) in [5.74, 6) is 0.266. The number of carbonyl (C=O) groups is 1. The van der Waals surface area contributed by atoms with E-state index in [2.05, 4.69) is 15.3 Å². The van der Waals surface area contributed by atoms with Crippen LogP contribution in [0.15, 0.2) is 4.79 Å². The van der Waals surface area contributed by atoms with E-state index in [0.717, 1.165) is 0 Å². The van der Waals surface area contributed by atoms with Crippen molar-refractivity contribution in [2.75, 3.05) is 0 Å². The van der Waals surface area contributed by atoms with Crippen LogP contribution in [0.2, 0.25) is 0 Å². The van der Waals surface area contributed by atoms with Crippen molar-refractivity contribution in [3.05, 3.63) is 27.4 Å². The number of aliphatic hydroxyl groups is 1. The number of amides is 1. The van der Waals surface area contributed by atoms with Gasteiger partial charge in [-0.15, -0.1) is 0 Å². The Morgan fingerprint density at radius 2 is 2.11 bits per heavy atom. The second-order valence-electron chi connectivity index (χ2n) is 5.36. The molecule has 1 fully saturated rings. The lowest BCUT2D eigenvalue weighted by Crippen LogP contribution is -2.48. The molecule has 1 amide bonds. The highest BCUT2D eigenvalue weighted by Gasteiger charge is 2.30. The number of aromatic amines is 1. The summed E-state index contributed by atoms with van der Waals surface area (Å²) in [7, 11) is 0. The number of rotatable bonds is 3. The molecule has 0 unspecified atom stereocenters. The van der Waals surface area contributed by atoms with Crippen LogP contribution in [0.1, 0.15) is 54.5 Å². The average molecular weight is 265 g/mol. The zero-order chi connectivity index (χ0) is 14.2. The fourth-order valence-electron chi connectivity index (χ4n) is 2.11. The summed E-state index contributed by atoms with van der Waals surface area (Å²) in [6.07, 6.45) is 0.742. The van der Waals surface area contributed by atoms with Crippen molar-refractivity contribution in [2.24, 2.45) is 0 Å². The first-order valence-electron chi connectivity index (χ1n) is 6.48. The molecule has 1 aromatic rings. The zero-order valence-electron chi connectivity index (χ0n) is 11.4. The molecule has 3 N–H and O–H groups in total. The third-order valence-electron chi connectivity index (χ3n) is 3.34. The van der Waals surface area contributed by atoms with Crippen LogP contribution in [-0.4, -0.2) is 33.1 Å². The largest absolute Gasteiger partial charge is 0.393 e. The summed E-state index contributed by atoms with van der Waals surface area (Å²) in [6, 6.07) is -0.0499. The van der Waals surface area contributed by atoms with Gasteiger partial charge in [-0.3, -0.25) is 9.59 Å². The summed E-state index contributed by atoms with van der Waals surface area (Å²) < 4.78 is 0. The normalized spacial score (nSPS) is 22.2. The molecule has 6 nitrogen and oxygen atoms in total. The number of hydrogen-bond donors (Lipinski definition) is 3. The molecule has 1 saturated carbocycles. The van der Waals surface area contributed by atoms with Crippen molar-refractivity contribution in [1.29, 1.82) is 0 Å². The maximum absolute atomic E-state index is 12.0. The number of aryl methyl sites for hydroxylation is 1. The van der Waals surface area contributed by atoms with E-state index in [1.165, 1.54) is 0 Å². The molecular formula is C13H19N3O3. The van der Waals surface area contributed by atoms with E-state index >= 15 is 0 Å². The predicted octanol–water partition coefficient (Wildman–Crippen LogP) is 0.455. The van der Waals surface area contributed by atoms with Crippen LogP contribution in [0.4, 0.5) is 0 Å². The molecule has 0 saturated heterocycles. The minimum Gasteiger partial charge on any atom is -0.393 e. The van der Waals surface area contributed by atoms with Gasteiger partial charge in [0.25, 0.3) is 11.5 Å². The number of aromatic nitrogens is 2. The second kappa shape index (κ2) is 5.13. The van der Waals surface area contributed by atoms with Crippen LogP contribution in [0.3, 0.4) is 0 Å². The van der Waals surface area contributed by atoms with E-state index in [1.54, 1.807) is 6.92 Å². The molecule has 19 heavy (non-hydrogen) atoms. The standard InChI is InChI=1S/C13H19N3O3/c1-6(2)11-14-7(3)10(13(19)16-11)12(18)15-8-4-9(17)5-8/h6,8-9,17H,4-5H2,1-3H3,(H,15,18)(H,14,16,19). The minimum atomic E-state index is -0.418. The lowest BCUT2D eigenvalue weighted by atomic mass is 9.89. The van der Waals surface area contributed by atoms with Crippen molar-refractivity contribution < 1.29 is 9.90 Å². The molecule has 0 radical (unpaired) electrons. The van der Waals surface area contributed by atoms with Crippen LogP contribution >= 0.6 is 0 Å². The molecule has 1 heterocycles. The van der Waals surface area contributed by atoms with Gasteiger partial charge in [0.05, 0.1) is 11.8 Å². The average Bonchev–Trinajstić information content (AvgIpc) is 2.25. The molecule has 0 bridgehead atoms. The summed E-state index contributed by atoms with van der Waals surface area (Å²) in [5.41, 5.74) is 0.0872. The van der Waals surface area contributed by atoms with Gasteiger partial charge in [-0.05, 0) is 19.8 Å². The van der Waals surface area contributed by atoms with Crippen LogP contribution in [0.5, 0.6) is 0 Å². The Bertz CT molecular complexity index is 545. The predicted molar refractivity (Wildman–Crippen MR) is 70.2 cm³/mol. The number of nitrogens with zero attached hydrogens (tertiary/aromatic N) is 1. The molecule has 0 spiro atoms. The van der Waals surface area contributed by atoms with Crippen molar-refractivity contribution in [3.8, 4) is 0 Å². The Labute approximate surface area is 111 Å². The molecule has 1 aliphatic carbocycles. The van der Waals surface area contributed by atoms with Gasteiger partial charge in [-0.1, -0.05) is 13.8 Å². The first-order chi connectivity index (χ1) is 8.88. The third kappa shape index (κ3) is 2.84. The van der Waals surface area contributed by atoms with Crippen molar-refractivity contribution in [2.45, 2.75) is 51.7 Å². The van der Waals surface area contributed by atoms with Crippen LogP contribution in [0, 0.1) is 6.92 Å². The quantitative estimate of drug-likeness (QED) is 0.739. The van der Waals surface area contributed by atoms with Gasteiger partial charge in [0.1, 0.15) is 11.4 Å². The molecule has 6 heteroatoms. The molecule has 2 rings (SSSR count). The number of aliphatic hydroxyl groups excluding tert-OH is 1. The molecule has 1 aliphatic rings. The molecular weight excluding hydrogens is 246 g/mol. The maximum Gasteiger partial charge on any atom is 0.264 e. The first kappa shape index (κ1) is 13.7. The van der Waals surface area contributed by atoms with E-state index < -0.39 is 11.5 Å². The Morgan fingerprint density at radius 1 is 1.47 bits per heavy atom. The molecule has 0 aromatic carbocycles.